The third kappa shape index (κ3) is 4.13. The van der Waals surface area contributed by atoms with Crippen molar-refractivity contribution in [3.05, 3.63) is 175 Å². The van der Waals surface area contributed by atoms with Gasteiger partial charge in [0.25, 0.3) is 0 Å². The summed E-state index contributed by atoms with van der Waals surface area (Å²) in [7, 11) is 0. The Kier molecular flexibility index (Phi) is 6.04. The first kappa shape index (κ1) is 27.0. The van der Waals surface area contributed by atoms with E-state index < -0.39 is 0 Å². The second-order valence-electron chi connectivity index (χ2n) is 12.9. The maximum atomic E-state index is 2.52. The van der Waals surface area contributed by atoms with Gasteiger partial charge in [-0.15, -0.1) is 0 Å². The molecule has 0 saturated carbocycles. The number of benzene rings is 7. The van der Waals surface area contributed by atoms with Crippen LogP contribution in [0, 0.1) is 0 Å². The van der Waals surface area contributed by atoms with E-state index in [0.29, 0.717) is 0 Å². The first-order valence-electron chi connectivity index (χ1n) is 16.8. The van der Waals surface area contributed by atoms with Crippen molar-refractivity contribution in [2.24, 2.45) is 0 Å². The summed E-state index contributed by atoms with van der Waals surface area (Å²) in [6.45, 7) is 0. The van der Waals surface area contributed by atoms with Crippen molar-refractivity contribution in [1.82, 2.24) is 9.13 Å². The zero-order valence-electron chi connectivity index (χ0n) is 26.5. The monoisotopic (exact) mass is 612 g/mol. The Morgan fingerprint density at radius 1 is 0.417 bits per heavy atom. The number of rotatable bonds is 4. The number of hydrogen-bond donors (Lipinski definition) is 0. The Labute approximate surface area is 279 Å². The quantitative estimate of drug-likeness (QED) is 0.187. The Balaban J connectivity index is 1.19. The molecular formula is C46H32N2. The molecule has 2 nitrogen and oxygen atoms in total. The fourth-order valence-corrected chi connectivity index (χ4v) is 7.96. The van der Waals surface area contributed by atoms with Gasteiger partial charge in [-0.25, -0.2) is 0 Å². The van der Waals surface area contributed by atoms with Gasteiger partial charge >= 0.3 is 0 Å². The van der Waals surface area contributed by atoms with E-state index in [1.54, 1.807) is 0 Å². The Hall–Kier alpha value is -6.12. The first-order chi connectivity index (χ1) is 23.8. The molecule has 2 heteroatoms. The lowest BCUT2D eigenvalue weighted by molar-refractivity contribution is 0.889. The zero-order valence-corrected chi connectivity index (χ0v) is 26.5. The lowest BCUT2D eigenvalue weighted by atomic mass is 9.94. The molecule has 1 aliphatic carbocycles. The molecule has 2 aromatic heterocycles. The van der Waals surface area contributed by atoms with Gasteiger partial charge in [-0.1, -0.05) is 127 Å². The van der Waals surface area contributed by atoms with E-state index in [1.807, 2.05) is 0 Å². The highest BCUT2D eigenvalue weighted by Gasteiger charge is 2.22. The standard InChI is InChI=1S/C46H32N2/c1-2-13-32(14-3-1)37-16-6-7-17-38(37)33-23-25-35(26-24-33)47-43-20-10-8-18-39(43)41-29-42-40-19-9-11-21-44(40)48(46(42)30-45(41)47)36-27-22-31-12-4-5-15-34(31)28-36/h1-10,12-20,22-30H,11,21H2. The minimum Gasteiger partial charge on any atom is -0.313 e. The van der Waals surface area contributed by atoms with E-state index in [-0.39, 0.29) is 0 Å². The van der Waals surface area contributed by atoms with E-state index in [9.17, 15) is 0 Å². The van der Waals surface area contributed by atoms with Gasteiger partial charge in [-0.3, -0.25) is 0 Å². The zero-order chi connectivity index (χ0) is 31.6. The summed E-state index contributed by atoms with van der Waals surface area (Å²) in [6, 6.07) is 57.8. The van der Waals surface area contributed by atoms with E-state index >= 15 is 0 Å². The van der Waals surface area contributed by atoms with Gasteiger partial charge in [0.15, 0.2) is 0 Å². The highest BCUT2D eigenvalue weighted by Crippen LogP contribution is 2.41. The van der Waals surface area contributed by atoms with Crippen LogP contribution in [0.15, 0.2) is 164 Å². The van der Waals surface area contributed by atoms with Crippen LogP contribution < -0.4 is 0 Å². The van der Waals surface area contributed by atoms with E-state index in [2.05, 4.69) is 179 Å². The number of nitrogens with zero attached hydrogens (tertiary/aromatic N) is 2. The Morgan fingerprint density at radius 3 is 1.92 bits per heavy atom. The third-order valence-corrected chi connectivity index (χ3v) is 10.2. The number of allylic oxidation sites excluding steroid dienone is 1. The van der Waals surface area contributed by atoms with Crippen molar-refractivity contribution in [3.63, 3.8) is 0 Å². The fraction of sp³-hybridized carbons (Fsp3) is 0.0435. The summed E-state index contributed by atoms with van der Waals surface area (Å²) < 4.78 is 4.97. The van der Waals surface area contributed by atoms with Crippen LogP contribution in [0.3, 0.4) is 0 Å². The van der Waals surface area contributed by atoms with Gasteiger partial charge in [-0.2, -0.15) is 0 Å². The smallest absolute Gasteiger partial charge is 0.0562 e. The molecule has 0 N–H and O–H groups in total. The van der Waals surface area contributed by atoms with Crippen molar-refractivity contribution in [3.8, 4) is 33.6 Å². The molecule has 0 amide bonds. The van der Waals surface area contributed by atoms with Crippen LogP contribution in [-0.4, -0.2) is 9.13 Å². The van der Waals surface area contributed by atoms with Crippen LogP contribution in [0.1, 0.15) is 17.7 Å². The molecule has 0 aliphatic heterocycles. The molecule has 2 heterocycles. The van der Waals surface area contributed by atoms with Gasteiger partial charge in [0, 0.05) is 38.8 Å². The molecular weight excluding hydrogens is 581 g/mol. The summed E-state index contributed by atoms with van der Waals surface area (Å²) in [6.07, 6.45) is 6.77. The molecule has 0 atom stereocenters. The summed E-state index contributed by atoms with van der Waals surface area (Å²) >= 11 is 0. The number of fused-ring (bicyclic) bond motifs is 7. The third-order valence-electron chi connectivity index (χ3n) is 10.2. The first-order valence-corrected chi connectivity index (χ1v) is 16.8. The minimum atomic E-state index is 1.03. The van der Waals surface area contributed by atoms with Gasteiger partial charge in [0.2, 0.25) is 0 Å². The number of hydrogen-bond acceptors (Lipinski definition) is 0. The van der Waals surface area contributed by atoms with E-state index in [4.69, 9.17) is 0 Å². The minimum absolute atomic E-state index is 1.03. The predicted molar refractivity (Wildman–Crippen MR) is 203 cm³/mol. The summed E-state index contributed by atoms with van der Waals surface area (Å²) in [5, 5.41) is 6.41. The Bertz CT molecular complexity index is 2700. The highest BCUT2D eigenvalue weighted by atomic mass is 15.0. The van der Waals surface area contributed by atoms with Crippen LogP contribution in [0.5, 0.6) is 0 Å². The number of aromatic nitrogens is 2. The van der Waals surface area contributed by atoms with Crippen LogP contribution in [0.2, 0.25) is 0 Å². The van der Waals surface area contributed by atoms with Crippen molar-refractivity contribution in [2.75, 3.05) is 0 Å². The van der Waals surface area contributed by atoms with Gasteiger partial charge in [-0.05, 0) is 88.3 Å². The molecule has 0 fully saturated rings. The largest absolute Gasteiger partial charge is 0.313 e. The molecule has 0 radical (unpaired) electrons. The van der Waals surface area contributed by atoms with Gasteiger partial charge in [0.05, 0.1) is 16.6 Å². The van der Waals surface area contributed by atoms with E-state index in [0.717, 1.165) is 18.5 Å². The summed E-state index contributed by atoms with van der Waals surface area (Å²) in [5.74, 6) is 0. The molecule has 0 spiro atoms. The molecule has 0 bridgehead atoms. The van der Waals surface area contributed by atoms with Crippen LogP contribution in [-0.2, 0) is 6.42 Å². The molecule has 10 rings (SSSR count). The van der Waals surface area contributed by atoms with Gasteiger partial charge < -0.3 is 9.13 Å². The van der Waals surface area contributed by atoms with Crippen LogP contribution in [0.25, 0.3) is 83.2 Å². The van der Waals surface area contributed by atoms with Crippen molar-refractivity contribution < 1.29 is 0 Å². The van der Waals surface area contributed by atoms with Crippen molar-refractivity contribution >= 4 is 49.6 Å². The molecule has 48 heavy (non-hydrogen) atoms. The number of para-hydroxylation sites is 1. The second-order valence-corrected chi connectivity index (χ2v) is 12.9. The van der Waals surface area contributed by atoms with Gasteiger partial charge in [0.1, 0.15) is 0 Å². The molecule has 226 valence electrons. The van der Waals surface area contributed by atoms with Crippen molar-refractivity contribution in [2.45, 2.75) is 12.8 Å². The average molecular weight is 613 g/mol. The lowest BCUT2D eigenvalue weighted by Gasteiger charge is -2.14. The Morgan fingerprint density at radius 2 is 1.08 bits per heavy atom. The summed E-state index contributed by atoms with van der Waals surface area (Å²) in [5.41, 5.74) is 13.8. The highest BCUT2D eigenvalue weighted by molar-refractivity contribution is 6.15. The van der Waals surface area contributed by atoms with Crippen LogP contribution in [0.4, 0.5) is 0 Å². The molecule has 7 aromatic carbocycles. The normalized spacial score (nSPS) is 12.8. The molecule has 0 saturated heterocycles. The lowest BCUT2D eigenvalue weighted by Crippen LogP contribution is -2.03. The second kappa shape index (κ2) is 10.7. The fourth-order valence-electron chi connectivity index (χ4n) is 7.96. The molecule has 0 unspecified atom stereocenters. The van der Waals surface area contributed by atoms with Crippen LogP contribution >= 0.6 is 0 Å². The maximum absolute atomic E-state index is 2.52. The van der Waals surface area contributed by atoms with E-state index in [1.165, 1.54) is 82.7 Å². The average Bonchev–Trinajstić information content (AvgIpc) is 3.66. The maximum Gasteiger partial charge on any atom is 0.0562 e. The topological polar surface area (TPSA) is 9.86 Å². The molecule has 1 aliphatic rings. The van der Waals surface area contributed by atoms with Crippen molar-refractivity contribution in [1.29, 1.82) is 0 Å². The predicted octanol–water partition coefficient (Wildman–Crippen LogP) is 12.2. The summed E-state index contributed by atoms with van der Waals surface area (Å²) in [4.78, 5) is 0. The SMILES string of the molecule is C1=Cc2c(n(-c3ccc4ccccc4c3)c3cc4c(cc23)c2ccccc2n4-c2ccc(-c3ccccc3-c3ccccc3)cc2)CC1. The molecule has 9 aromatic rings.